The lowest BCUT2D eigenvalue weighted by Gasteiger charge is -2.23. The van der Waals surface area contributed by atoms with Crippen LogP contribution in [0, 0.1) is 0 Å². The lowest BCUT2D eigenvalue weighted by atomic mass is 10.0. The molecule has 114 valence electrons. The molecule has 2 N–H and O–H groups in total. The van der Waals surface area contributed by atoms with Gasteiger partial charge < -0.3 is 5.32 Å². The van der Waals surface area contributed by atoms with Gasteiger partial charge in [-0.1, -0.05) is 13.3 Å². The summed E-state index contributed by atoms with van der Waals surface area (Å²) < 4.78 is 28.6. The number of hydrogen-bond donors (Lipinski definition) is 2. The lowest BCUT2D eigenvalue weighted by molar-refractivity contribution is 0.393. The Hall–Kier alpha value is -1.08. The molecule has 1 saturated heterocycles. The zero-order valence-corrected chi connectivity index (χ0v) is 13.0. The number of aryl methyl sites for hydroxylation is 2. The van der Waals surface area contributed by atoms with E-state index >= 15 is 0 Å². The quantitative estimate of drug-likeness (QED) is 0.829. The Labute approximate surface area is 121 Å². The molecular weight excluding hydrogens is 276 g/mol. The highest BCUT2D eigenvalue weighted by Gasteiger charge is 2.19. The van der Waals surface area contributed by atoms with Gasteiger partial charge >= 0.3 is 0 Å². The molecule has 2 rings (SSSR count). The maximum absolute atomic E-state index is 12.1. The fourth-order valence-electron chi connectivity index (χ4n) is 2.57. The average molecular weight is 300 g/mol. The van der Waals surface area contributed by atoms with Crippen molar-refractivity contribution in [2.45, 2.75) is 45.1 Å². The van der Waals surface area contributed by atoms with Crippen LogP contribution in [0.2, 0.25) is 0 Å². The summed E-state index contributed by atoms with van der Waals surface area (Å²) in [6.07, 6.45) is 6.54. The minimum atomic E-state index is -3.30. The summed E-state index contributed by atoms with van der Waals surface area (Å²) in [6, 6.07) is 0.333. The second-order valence-corrected chi connectivity index (χ2v) is 7.21. The lowest BCUT2D eigenvalue weighted by Crippen LogP contribution is -2.36. The number of hydrogen-bond acceptors (Lipinski definition) is 4. The number of sulfonamides is 1. The third kappa shape index (κ3) is 4.21. The van der Waals surface area contributed by atoms with Crippen LogP contribution in [0.1, 0.15) is 38.3 Å². The van der Waals surface area contributed by atoms with Crippen LogP contribution >= 0.6 is 0 Å². The summed E-state index contributed by atoms with van der Waals surface area (Å²) in [6.45, 7) is 2.97. The summed E-state index contributed by atoms with van der Waals surface area (Å²) in [5.41, 5.74) is 1.39. The molecule has 1 atom stereocenters. The first-order chi connectivity index (χ1) is 9.50. The van der Waals surface area contributed by atoms with Gasteiger partial charge in [0, 0.05) is 19.3 Å². The average Bonchev–Trinajstić information content (AvgIpc) is 2.77. The van der Waals surface area contributed by atoms with Gasteiger partial charge in [-0.2, -0.15) is 5.10 Å². The fourth-order valence-corrected chi connectivity index (χ4v) is 3.77. The third-order valence-corrected chi connectivity index (χ3v) is 4.96. The van der Waals surface area contributed by atoms with Crippen molar-refractivity contribution in [1.29, 1.82) is 0 Å². The van der Waals surface area contributed by atoms with Gasteiger partial charge in [0.05, 0.1) is 17.1 Å². The molecule has 1 unspecified atom stereocenters. The molecule has 0 bridgehead atoms. The van der Waals surface area contributed by atoms with Crippen molar-refractivity contribution in [2.75, 3.05) is 17.0 Å². The first-order valence-corrected chi connectivity index (χ1v) is 8.92. The molecule has 1 aromatic rings. The zero-order chi connectivity index (χ0) is 14.6. The van der Waals surface area contributed by atoms with Crippen molar-refractivity contribution >= 4 is 15.7 Å². The van der Waals surface area contributed by atoms with E-state index < -0.39 is 10.0 Å². The van der Waals surface area contributed by atoms with Crippen molar-refractivity contribution < 1.29 is 8.42 Å². The summed E-state index contributed by atoms with van der Waals surface area (Å²) in [5.74, 6) is 0.155. The SMILES string of the molecule is CCc1nn(C)cc1NS(=O)(=O)CCC1CCCCN1. The molecule has 7 heteroatoms. The molecule has 0 aliphatic carbocycles. The Morgan fingerprint density at radius 2 is 2.30 bits per heavy atom. The summed E-state index contributed by atoms with van der Waals surface area (Å²) in [4.78, 5) is 0. The van der Waals surface area contributed by atoms with Gasteiger partial charge in [-0.25, -0.2) is 8.42 Å². The van der Waals surface area contributed by atoms with Crippen molar-refractivity contribution in [3.8, 4) is 0 Å². The van der Waals surface area contributed by atoms with E-state index in [2.05, 4.69) is 15.1 Å². The van der Waals surface area contributed by atoms with Gasteiger partial charge in [-0.05, 0) is 32.2 Å². The Kier molecular flexibility index (Phi) is 5.04. The third-order valence-electron chi connectivity index (χ3n) is 3.65. The Morgan fingerprint density at radius 1 is 1.50 bits per heavy atom. The van der Waals surface area contributed by atoms with E-state index in [9.17, 15) is 8.42 Å². The highest BCUT2D eigenvalue weighted by molar-refractivity contribution is 7.92. The van der Waals surface area contributed by atoms with E-state index in [0.29, 0.717) is 24.6 Å². The predicted octanol–water partition coefficient (Wildman–Crippen LogP) is 1.26. The maximum Gasteiger partial charge on any atom is 0.232 e. The number of rotatable bonds is 6. The zero-order valence-electron chi connectivity index (χ0n) is 12.2. The second-order valence-electron chi connectivity index (χ2n) is 5.37. The molecule has 1 aliphatic rings. The number of anilines is 1. The van der Waals surface area contributed by atoms with Gasteiger partial charge in [0.25, 0.3) is 0 Å². The molecule has 0 amide bonds. The molecule has 1 fully saturated rings. The van der Waals surface area contributed by atoms with Gasteiger partial charge in [0.15, 0.2) is 0 Å². The topological polar surface area (TPSA) is 76.0 Å². The molecule has 20 heavy (non-hydrogen) atoms. The van der Waals surface area contributed by atoms with Crippen molar-refractivity contribution in [2.24, 2.45) is 7.05 Å². The van der Waals surface area contributed by atoms with Crippen molar-refractivity contribution in [1.82, 2.24) is 15.1 Å². The van der Waals surface area contributed by atoms with Crippen LogP contribution in [0.15, 0.2) is 6.20 Å². The van der Waals surface area contributed by atoms with Crippen LogP contribution in [0.3, 0.4) is 0 Å². The molecule has 0 aromatic carbocycles. The first-order valence-electron chi connectivity index (χ1n) is 7.26. The Bertz CT molecular complexity index is 533. The summed E-state index contributed by atoms with van der Waals surface area (Å²) >= 11 is 0. The monoisotopic (exact) mass is 300 g/mol. The smallest absolute Gasteiger partial charge is 0.232 e. The molecule has 1 aliphatic heterocycles. The van der Waals surface area contributed by atoms with E-state index in [1.54, 1.807) is 17.9 Å². The molecule has 6 nitrogen and oxygen atoms in total. The summed E-state index contributed by atoms with van der Waals surface area (Å²) in [5, 5.41) is 7.61. The predicted molar refractivity (Wildman–Crippen MR) is 80.3 cm³/mol. The largest absolute Gasteiger partial charge is 0.314 e. The Morgan fingerprint density at radius 3 is 2.95 bits per heavy atom. The standard InChI is InChI=1S/C13H24N4O2S/c1-3-12-13(10-17(2)15-12)16-20(18,19)9-7-11-6-4-5-8-14-11/h10-11,14,16H,3-9H2,1-2H3. The fraction of sp³-hybridized carbons (Fsp3) is 0.769. The van der Waals surface area contributed by atoms with Gasteiger partial charge in [0.1, 0.15) is 0 Å². The van der Waals surface area contributed by atoms with E-state index in [-0.39, 0.29) is 5.75 Å². The van der Waals surface area contributed by atoms with Crippen LogP contribution < -0.4 is 10.0 Å². The van der Waals surface area contributed by atoms with E-state index in [1.807, 2.05) is 6.92 Å². The molecule has 0 saturated carbocycles. The van der Waals surface area contributed by atoms with Gasteiger partial charge in [-0.15, -0.1) is 0 Å². The highest BCUT2D eigenvalue weighted by Crippen LogP contribution is 2.17. The molecule has 1 aromatic heterocycles. The maximum atomic E-state index is 12.1. The van der Waals surface area contributed by atoms with Crippen LogP contribution in [0.5, 0.6) is 0 Å². The molecular formula is C13H24N4O2S. The van der Waals surface area contributed by atoms with Crippen LogP contribution in [0.4, 0.5) is 5.69 Å². The van der Waals surface area contributed by atoms with Crippen molar-refractivity contribution in [3.63, 3.8) is 0 Å². The second kappa shape index (κ2) is 6.58. The van der Waals surface area contributed by atoms with Crippen LogP contribution in [0.25, 0.3) is 0 Å². The van der Waals surface area contributed by atoms with Crippen LogP contribution in [-0.2, 0) is 23.5 Å². The number of nitrogens with zero attached hydrogens (tertiary/aromatic N) is 2. The van der Waals surface area contributed by atoms with E-state index in [1.165, 1.54) is 12.8 Å². The van der Waals surface area contributed by atoms with Gasteiger partial charge in [-0.3, -0.25) is 9.40 Å². The van der Waals surface area contributed by atoms with Gasteiger partial charge in [0.2, 0.25) is 10.0 Å². The normalized spacial score (nSPS) is 20.0. The molecule has 0 radical (unpaired) electrons. The molecule has 0 spiro atoms. The van der Waals surface area contributed by atoms with Crippen molar-refractivity contribution in [3.05, 3.63) is 11.9 Å². The summed E-state index contributed by atoms with van der Waals surface area (Å²) in [7, 11) is -1.50. The molecule has 2 heterocycles. The van der Waals surface area contributed by atoms with E-state index in [0.717, 1.165) is 18.7 Å². The Balaban J connectivity index is 1.92. The number of nitrogens with one attached hydrogen (secondary N) is 2. The highest BCUT2D eigenvalue weighted by atomic mass is 32.2. The first kappa shape index (κ1) is 15.3. The van der Waals surface area contributed by atoms with Crippen LogP contribution in [-0.4, -0.2) is 36.5 Å². The number of aromatic nitrogens is 2. The van der Waals surface area contributed by atoms with E-state index in [4.69, 9.17) is 0 Å². The number of piperidine rings is 1. The minimum Gasteiger partial charge on any atom is -0.314 e. The minimum absolute atomic E-state index is 0.155.